The van der Waals surface area contributed by atoms with Crippen molar-refractivity contribution in [3.05, 3.63) is 59.2 Å². The molecular formula is C36H48N2O4. The highest BCUT2D eigenvalue weighted by atomic mass is 16.5. The maximum Gasteiger partial charge on any atom is 0.223 e. The van der Waals surface area contributed by atoms with Crippen molar-refractivity contribution in [1.29, 1.82) is 0 Å². The Balaban J connectivity index is 1.12. The highest BCUT2D eigenvalue weighted by molar-refractivity contribution is 5.77. The van der Waals surface area contributed by atoms with Crippen molar-refractivity contribution >= 4 is 5.91 Å². The number of unbranched alkanes of at least 4 members (excludes halogenated alkanes) is 2. The summed E-state index contributed by atoms with van der Waals surface area (Å²) in [5.41, 5.74) is 4.09. The number of piperidine rings is 1. The van der Waals surface area contributed by atoms with Crippen molar-refractivity contribution < 1.29 is 19.4 Å². The van der Waals surface area contributed by atoms with Gasteiger partial charge in [-0.1, -0.05) is 42.8 Å². The summed E-state index contributed by atoms with van der Waals surface area (Å²) in [6.45, 7) is 6.40. The number of aryl methyl sites for hydroxylation is 1. The minimum Gasteiger partial charge on any atom is -0.493 e. The molecule has 2 unspecified atom stereocenters. The molecule has 1 spiro atoms. The van der Waals surface area contributed by atoms with Crippen LogP contribution in [0.2, 0.25) is 0 Å². The van der Waals surface area contributed by atoms with Crippen LogP contribution in [0.25, 0.3) is 0 Å². The maximum atomic E-state index is 14.0. The molecule has 1 N–H and O–H groups in total. The molecule has 0 radical (unpaired) electrons. The molecule has 2 aromatic carbocycles. The molecule has 5 aliphatic rings. The summed E-state index contributed by atoms with van der Waals surface area (Å²) < 4.78 is 12.9. The van der Waals surface area contributed by atoms with E-state index in [0.29, 0.717) is 24.3 Å². The smallest absolute Gasteiger partial charge is 0.223 e. The Labute approximate surface area is 251 Å². The van der Waals surface area contributed by atoms with Gasteiger partial charge in [-0.05, 0) is 94.9 Å². The summed E-state index contributed by atoms with van der Waals surface area (Å²) in [4.78, 5) is 18.9. The third-order valence-corrected chi connectivity index (χ3v) is 11.4. The normalized spacial score (nSPS) is 32.3. The lowest BCUT2D eigenvalue weighted by Gasteiger charge is -2.61. The van der Waals surface area contributed by atoms with E-state index in [9.17, 15) is 9.90 Å². The van der Waals surface area contributed by atoms with Crippen LogP contribution in [0, 0.1) is 11.8 Å². The number of carbonyl (C=O) groups excluding carboxylic acids is 1. The molecule has 226 valence electrons. The molecule has 6 nitrogen and oxygen atoms in total. The minimum absolute atomic E-state index is 0.0396. The van der Waals surface area contributed by atoms with Crippen molar-refractivity contribution in [3.8, 4) is 11.5 Å². The summed E-state index contributed by atoms with van der Waals surface area (Å²) in [7, 11) is 1.74. The molecule has 3 fully saturated rings. The third-order valence-electron chi connectivity index (χ3n) is 11.4. The molecule has 2 bridgehead atoms. The van der Waals surface area contributed by atoms with Crippen LogP contribution in [0.1, 0.15) is 81.9 Å². The Hall–Kier alpha value is -2.57. The van der Waals surface area contributed by atoms with Crippen LogP contribution in [0.5, 0.6) is 11.5 Å². The van der Waals surface area contributed by atoms with Gasteiger partial charge in [0.1, 0.15) is 6.10 Å². The van der Waals surface area contributed by atoms with Gasteiger partial charge in [0, 0.05) is 41.9 Å². The van der Waals surface area contributed by atoms with Gasteiger partial charge in [-0.25, -0.2) is 0 Å². The summed E-state index contributed by atoms with van der Waals surface area (Å²) in [6.07, 6.45) is 9.78. The van der Waals surface area contributed by atoms with Crippen LogP contribution in [-0.4, -0.2) is 71.3 Å². The molecule has 6 heteroatoms. The van der Waals surface area contributed by atoms with Crippen molar-refractivity contribution in [3.63, 3.8) is 0 Å². The predicted molar refractivity (Wildman–Crippen MR) is 164 cm³/mol. The van der Waals surface area contributed by atoms with E-state index in [1.807, 2.05) is 0 Å². The fourth-order valence-corrected chi connectivity index (χ4v) is 9.40. The standard InChI is InChI=1S/C36H48N2O4/c1-23(2)38(32(40)13-9-5-8-12-24-10-6-4-7-11-24)28-16-15-27-29-20-25-14-17-31(41-3)34-33(25)36(27,35(28)42-34)18-19-37(29)22-26-21-30(26)39/h4,6-7,10-11,14,17,23,26-30,35,39H,5,8-9,12-13,15-16,18-22H2,1-3H3/t26?,27-,28-,29+,30?,35-,36-/m0/s1. The second-order valence-corrected chi connectivity index (χ2v) is 14.0. The average molecular weight is 573 g/mol. The fraction of sp³-hybridized carbons (Fsp3) is 0.639. The molecule has 1 amide bonds. The molecule has 7 atom stereocenters. The Morgan fingerprint density at radius 3 is 2.69 bits per heavy atom. The van der Waals surface area contributed by atoms with Crippen molar-refractivity contribution in [2.75, 3.05) is 20.2 Å². The number of carbonyl (C=O) groups is 1. The van der Waals surface area contributed by atoms with Gasteiger partial charge in [-0.2, -0.15) is 0 Å². The number of likely N-dealkylation sites (tertiary alicyclic amines) is 1. The lowest BCUT2D eigenvalue weighted by Crippen LogP contribution is -2.69. The van der Waals surface area contributed by atoms with Gasteiger partial charge >= 0.3 is 0 Å². The number of methoxy groups -OCH3 is 1. The van der Waals surface area contributed by atoms with E-state index in [1.54, 1.807) is 7.11 Å². The first-order valence-corrected chi connectivity index (χ1v) is 16.6. The molecule has 2 saturated carbocycles. The van der Waals surface area contributed by atoms with E-state index in [-0.39, 0.29) is 35.6 Å². The largest absolute Gasteiger partial charge is 0.493 e. The number of aliphatic hydroxyl groups excluding tert-OH is 1. The zero-order chi connectivity index (χ0) is 29.0. The van der Waals surface area contributed by atoms with Gasteiger partial charge in [0.2, 0.25) is 5.91 Å². The number of aliphatic hydroxyl groups is 1. The average Bonchev–Trinajstić information content (AvgIpc) is 3.57. The number of hydrogen-bond donors (Lipinski definition) is 1. The van der Waals surface area contributed by atoms with E-state index < -0.39 is 0 Å². The zero-order valence-electron chi connectivity index (χ0n) is 25.6. The van der Waals surface area contributed by atoms with Gasteiger partial charge in [0.05, 0.1) is 19.3 Å². The highest BCUT2D eigenvalue weighted by Gasteiger charge is 2.67. The van der Waals surface area contributed by atoms with E-state index in [1.165, 1.54) is 16.7 Å². The van der Waals surface area contributed by atoms with Crippen LogP contribution < -0.4 is 9.47 Å². The minimum atomic E-state index is -0.116. The second-order valence-electron chi connectivity index (χ2n) is 14.0. The van der Waals surface area contributed by atoms with Crippen molar-refractivity contribution in [1.82, 2.24) is 9.80 Å². The summed E-state index contributed by atoms with van der Waals surface area (Å²) in [5, 5.41) is 10.1. The van der Waals surface area contributed by atoms with Crippen molar-refractivity contribution in [2.45, 2.75) is 114 Å². The molecule has 7 rings (SSSR count). The highest BCUT2D eigenvalue weighted by Crippen LogP contribution is 2.64. The Morgan fingerprint density at radius 1 is 1.14 bits per heavy atom. The predicted octanol–water partition coefficient (Wildman–Crippen LogP) is 5.52. The molecule has 1 saturated heterocycles. The maximum absolute atomic E-state index is 14.0. The van der Waals surface area contributed by atoms with Crippen LogP contribution in [0.4, 0.5) is 0 Å². The molecule has 0 aromatic heterocycles. The summed E-state index contributed by atoms with van der Waals surface area (Å²) in [5.74, 6) is 2.99. The third kappa shape index (κ3) is 4.64. The van der Waals surface area contributed by atoms with Crippen LogP contribution >= 0.6 is 0 Å². The topological polar surface area (TPSA) is 62.2 Å². The van der Waals surface area contributed by atoms with Gasteiger partial charge in [0.25, 0.3) is 0 Å². The molecule has 3 aliphatic carbocycles. The SMILES string of the molecule is COc1ccc2c3c1O[C@H]1[C@@H](N(C(=O)CCCCCc4ccccc4)C(C)C)CC[C@H]4[C@@H](C2)N(CC2CC2O)CC[C@@]341. The summed E-state index contributed by atoms with van der Waals surface area (Å²) in [6, 6.07) is 15.7. The van der Waals surface area contributed by atoms with Crippen LogP contribution in [0.15, 0.2) is 42.5 Å². The Morgan fingerprint density at radius 2 is 1.95 bits per heavy atom. The van der Waals surface area contributed by atoms with Gasteiger partial charge in [-0.3, -0.25) is 9.69 Å². The second kappa shape index (κ2) is 11.2. The quantitative estimate of drug-likeness (QED) is 0.359. The molecular weight excluding hydrogens is 524 g/mol. The number of hydrogen-bond acceptors (Lipinski definition) is 5. The zero-order valence-corrected chi connectivity index (χ0v) is 25.6. The number of benzene rings is 2. The molecule has 2 aliphatic heterocycles. The number of ether oxygens (including phenoxy) is 2. The van der Waals surface area contributed by atoms with E-state index in [4.69, 9.17) is 9.47 Å². The number of nitrogens with zero attached hydrogens (tertiary/aromatic N) is 2. The van der Waals surface area contributed by atoms with E-state index in [0.717, 1.165) is 82.4 Å². The van der Waals surface area contributed by atoms with Gasteiger partial charge in [-0.15, -0.1) is 0 Å². The monoisotopic (exact) mass is 572 g/mol. The first-order valence-electron chi connectivity index (χ1n) is 16.6. The Bertz CT molecular complexity index is 1300. The van der Waals surface area contributed by atoms with Gasteiger partial charge in [0.15, 0.2) is 11.5 Å². The first-order chi connectivity index (χ1) is 20.4. The van der Waals surface area contributed by atoms with E-state index in [2.05, 4.69) is 66.1 Å². The number of amides is 1. The lowest BCUT2D eigenvalue weighted by atomic mass is 9.51. The molecule has 42 heavy (non-hydrogen) atoms. The molecule has 2 heterocycles. The summed E-state index contributed by atoms with van der Waals surface area (Å²) >= 11 is 0. The van der Waals surface area contributed by atoms with Crippen LogP contribution in [-0.2, 0) is 23.1 Å². The fourth-order valence-electron chi connectivity index (χ4n) is 9.40. The van der Waals surface area contributed by atoms with E-state index >= 15 is 0 Å². The van der Waals surface area contributed by atoms with Crippen LogP contribution in [0.3, 0.4) is 0 Å². The first kappa shape index (κ1) is 28.2. The van der Waals surface area contributed by atoms with Crippen molar-refractivity contribution in [2.24, 2.45) is 11.8 Å². The lowest BCUT2D eigenvalue weighted by molar-refractivity contribution is -0.146. The Kier molecular flexibility index (Phi) is 7.50. The molecule has 2 aromatic rings. The number of rotatable bonds is 11. The van der Waals surface area contributed by atoms with Gasteiger partial charge < -0.3 is 19.5 Å².